The molecule has 1 aromatic carbocycles. The van der Waals surface area contributed by atoms with E-state index in [9.17, 15) is 0 Å². The Hall–Kier alpha value is -1.06. The second-order valence-electron chi connectivity index (χ2n) is 3.64. The van der Waals surface area contributed by atoms with Crippen LogP contribution in [0.2, 0.25) is 0 Å². The van der Waals surface area contributed by atoms with Crippen LogP contribution >= 0.6 is 0 Å². The summed E-state index contributed by atoms with van der Waals surface area (Å²) in [7, 11) is 1.71. The third-order valence-electron chi connectivity index (χ3n) is 2.44. The Morgan fingerprint density at radius 1 is 1.31 bits per heavy atom. The van der Waals surface area contributed by atoms with Gasteiger partial charge in [0.05, 0.1) is 13.2 Å². The van der Waals surface area contributed by atoms with Gasteiger partial charge in [0.15, 0.2) is 0 Å². The first kappa shape index (κ1) is 13.0. The number of nitrogens with one attached hydrogen (secondary N) is 1. The first-order valence-corrected chi connectivity index (χ1v) is 5.73. The van der Waals surface area contributed by atoms with Crippen molar-refractivity contribution in [3.05, 3.63) is 29.8 Å². The Labute approximate surface area is 97.8 Å². The van der Waals surface area contributed by atoms with Gasteiger partial charge >= 0.3 is 0 Å². The minimum Gasteiger partial charge on any atom is -0.494 e. The van der Waals surface area contributed by atoms with Crippen molar-refractivity contribution in [3.8, 4) is 5.75 Å². The van der Waals surface area contributed by atoms with Crippen LogP contribution in [-0.4, -0.2) is 26.9 Å². The van der Waals surface area contributed by atoms with Crippen LogP contribution in [0.3, 0.4) is 0 Å². The van der Waals surface area contributed by atoms with Crippen LogP contribution < -0.4 is 10.1 Å². The van der Waals surface area contributed by atoms with Crippen molar-refractivity contribution in [2.24, 2.45) is 0 Å². The molecular formula is C13H21NO2. The standard InChI is InChI=1S/C13H21NO2/c1-4-16-13-8-6-5-7-12(13)11(2)14-9-10-15-3/h5-8,11,14H,4,9-10H2,1-3H3/t11-/m0/s1. The van der Waals surface area contributed by atoms with Crippen LogP contribution in [0.25, 0.3) is 0 Å². The number of hydrogen-bond donors (Lipinski definition) is 1. The van der Waals surface area contributed by atoms with Gasteiger partial charge in [-0.1, -0.05) is 18.2 Å². The van der Waals surface area contributed by atoms with Crippen molar-refractivity contribution in [1.29, 1.82) is 0 Å². The molecule has 0 saturated carbocycles. The average Bonchev–Trinajstić information content (AvgIpc) is 2.30. The van der Waals surface area contributed by atoms with E-state index in [1.165, 1.54) is 5.56 Å². The van der Waals surface area contributed by atoms with E-state index in [4.69, 9.17) is 9.47 Å². The first-order valence-electron chi connectivity index (χ1n) is 5.73. The van der Waals surface area contributed by atoms with Crippen LogP contribution in [0.1, 0.15) is 25.5 Å². The lowest BCUT2D eigenvalue weighted by atomic mass is 10.1. The lowest BCUT2D eigenvalue weighted by Gasteiger charge is -2.17. The quantitative estimate of drug-likeness (QED) is 0.720. The molecule has 0 fully saturated rings. The summed E-state index contributed by atoms with van der Waals surface area (Å²) < 4.78 is 10.6. The van der Waals surface area contributed by atoms with Crippen molar-refractivity contribution in [2.45, 2.75) is 19.9 Å². The minimum atomic E-state index is 0.276. The summed E-state index contributed by atoms with van der Waals surface area (Å²) in [5.74, 6) is 0.961. The van der Waals surface area contributed by atoms with Crippen molar-refractivity contribution < 1.29 is 9.47 Å². The summed E-state index contributed by atoms with van der Waals surface area (Å²) in [5.41, 5.74) is 1.19. The molecule has 0 heterocycles. The Bertz CT molecular complexity index is 302. The molecule has 0 saturated heterocycles. The second kappa shape index (κ2) is 7.25. The molecule has 0 amide bonds. The summed E-state index contributed by atoms with van der Waals surface area (Å²) >= 11 is 0. The molecule has 0 aliphatic heterocycles. The number of rotatable bonds is 7. The molecule has 0 aliphatic rings. The molecule has 90 valence electrons. The molecular weight excluding hydrogens is 202 g/mol. The molecule has 3 nitrogen and oxygen atoms in total. The van der Waals surface area contributed by atoms with Crippen molar-refractivity contribution >= 4 is 0 Å². The molecule has 1 rings (SSSR count). The van der Waals surface area contributed by atoms with Gasteiger partial charge < -0.3 is 14.8 Å². The van der Waals surface area contributed by atoms with Gasteiger partial charge in [-0.15, -0.1) is 0 Å². The highest BCUT2D eigenvalue weighted by Gasteiger charge is 2.09. The van der Waals surface area contributed by atoms with Crippen LogP contribution in [0.15, 0.2) is 24.3 Å². The molecule has 1 N–H and O–H groups in total. The lowest BCUT2D eigenvalue weighted by Crippen LogP contribution is -2.23. The van der Waals surface area contributed by atoms with Crippen LogP contribution in [-0.2, 0) is 4.74 Å². The van der Waals surface area contributed by atoms with Gasteiger partial charge in [0.2, 0.25) is 0 Å². The topological polar surface area (TPSA) is 30.5 Å². The zero-order valence-corrected chi connectivity index (χ0v) is 10.3. The summed E-state index contributed by atoms with van der Waals surface area (Å²) in [6, 6.07) is 8.41. The number of benzene rings is 1. The van der Waals surface area contributed by atoms with Crippen molar-refractivity contribution in [2.75, 3.05) is 26.9 Å². The molecule has 16 heavy (non-hydrogen) atoms. The van der Waals surface area contributed by atoms with Crippen molar-refractivity contribution in [1.82, 2.24) is 5.32 Å². The summed E-state index contributed by atoms with van der Waals surface area (Å²) in [6.07, 6.45) is 0. The van der Waals surface area contributed by atoms with Gasteiger partial charge in [-0.3, -0.25) is 0 Å². The van der Waals surface area contributed by atoms with E-state index < -0.39 is 0 Å². The summed E-state index contributed by atoms with van der Waals surface area (Å²) in [5, 5.41) is 3.39. The molecule has 1 atom stereocenters. The number of ether oxygens (including phenoxy) is 2. The van der Waals surface area contributed by atoms with E-state index in [2.05, 4.69) is 18.3 Å². The number of hydrogen-bond acceptors (Lipinski definition) is 3. The molecule has 0 aliphatic carbocycles. The molecule has 0 spiro atoms. The Balaban J connectivity index is 2.62. The molecule has 0 radical (unpaired) electrons. The van der Waals surface area contributed by atoms with Gasteiger partial charge in [0, 0.05) is 25.3 Å². The third kappa shape index (κ3) is 3.83. The van der Waals surface area contributed by atoms with Gasteiger partial charge in [-0.25, -0.2) is 0 Å². The fourth-order valence-electron chi connectivity index (χ4n) is 1.61. The summed E-state index contributed by atoms with van der Waals surface area (Å²) in [6.45, 7) is 6.40. The SMILES string of the molecule is CCOc1ccccc1[C@H](C)NCCOC. The Kier molecular flexibility index (Phi) is 5.90. The number of para-hydroxylation sites is 1. The van der Waals surface area contributed by atoms with Crippen LogP contribution in [0.5, 0.6) is 5.75 Å². The van der Waals surface area contributed by atoms with Crippen molar-refractivity contribution in [3.63, 3.8) is 0 Å². The minimum absolute atomic E-state index is 0.276. The third-order valence-corrected chi connectivity index (χ3v) is 2.44. The van der Waals surface area contributed by atoms with E-state index in [1.807, 2.05) is 25.1 Å². The summed E-state index contributed by atoms with van der Waals surface area (Å²) in [4.78, 5) is 0. The van der Waals surface area contributed by atoms with Gasteiger partial charge in [-0.2, -0.15) is 0 Å². The fourth-order valence-corrected chi connectivity index (χ4v) is 1.61. The Morgan fingerprint density at radius 2 is 2.06 bits per heavy atom. The highest BCUT2D eigenvalue weighted by atomic mass is 16.5. The van der Waals surface area contributed by atoms with Crippen LogP contribution in [0.4, 0.5) is 0 Å². The van der Waals surface area contributed by atoms with Gasteiger partial charge in [0.1, 0.15) is 5.75 Å². The smallest absolute Gasteiger partial charge is 0.124 e. The monoisotopic (exact) mass is 223 g/mol. The van der Waals surface area contributed by atoms with Gasteiger partial charge in [0.25, 0.3) is 0 Å². The largest absolute Gasteiger partial charge is 0.494 e. The maximum atomic E-state index is 5.59. The van der Waals surface area contributed by atoms with E-state index in [1.54, 1.807) is 7.11 Å². The highest BCUT2D eigenvalue weighted by Crippen LogP contribution is 2.24. The predicted octanol–water partition coefficient (Wildman–Crippen LogP) is 2.38. The zero-order valence-electron chi connectivity index (χ0n) is 10.3. The fraction of sp³-hybridized carbons (Fsp3) is 0.538. The molecule has 0 bridgehead atoms. The first-order chi connectivity index (χ1) is 7.79. The molecule has 0 aromatic heterocycles. The van der Waals surface area contributed by atoms with Crippen LogP contribution in [0, 0.1) is 0 Å². The van der Waals surface area contributed by atoms with E-state index in [0.717, 1.165) is 18.9 Å². The van der Waals surface area contributed by atoms with E-state index in [-0.39, 0.29) is 6.04 Å². The Morgan fingerprint density at radius 3 is 2.75 bits per heavy atom. The highest BCUT2D eigenvalue weighted by molar-refractivity contribution is 5.35. The van der Waals surface area contributed by atoms with E-state index in [0.29, 0.717) is 6.61 Å². The van der Waals surface area contributed by atoms with Gasteiger partial charge in [-0.05, 0) is 19.9 Å². The molecule has 1 aromatic rings. The maximum Gasteiger partial charge on any atom is 0.124 e. The second-order valence-corrected chi connectivity index (χ2v) is 3.64. The lowest BCUT2D eigenvalue weighted by molar-refractivity contribution is 0.196. The normalized spacial score (nSPS) is 12.4. The maximum absolute atomic E-state index is 5.59. The zero-order chi connectivity index (χ0) is 11.8. The number of methoxy groups -OCH3 is 1. The molecule has 0 unspecified atom stereocenters. The van der Waals surface area contributed by atoms with E-state index >= 15 is 0 Å². The predicted molar refractivity (Wildman–Crippen MR) is 65.9 cm³/mol. The average molecular weight is 223 g/mol. The molecule has 3 heteroatoms.